The maximum Gasteiger partial charge on any atom is 0.322 e. The molecule has 0 unspecified atom stereocenters. The summed E-state index contributed by atoms with van der Waals surface area (Å²) in [5.74, 6) is -2.06. The molecule has 3 N–H and O–H groups in total. The predicted molar refractivity (Wildman–Crippen MR) is 81.2 cm³/mol. The number of hydrogen-bond donors (Lipinski definition) is 3. The summed E-state index contributed by atoms with van der Waals surface area (Å²) in [5.41, 5.74) is 0.249. The number of furan rings is 1. The van der Waals surface area contributed by atoms with Crippen LogP contribution in [0.5, 0.6) is 0 Å². The lowest BCUT2D eigenvalue weighted by Gasteiger charge is -2.09. The Morgan fingerprint density at radius 1 is 1.09 bits per heavy atom. The Morgan fingerprint density at radius 3 is 2.43 bits per heavy atom. The lowest BCUT2D eigenvalue weighted by atomic mass is 10.2. The Bertz CT molecular complexity index is 720. The van der Waals surface area contributed by atoms with Gasteiger partial charge in [0.25, 0.3) is 11.8 Å². The second-order valence-corrected chi connectivity index (χ2v) is 4.47. The number of aliphatic carboxylic acids is 1. The molecule has 1 heterocycles. The summed E-state index contributed by atoms with van der Waals surface area (Å²) in [6.07, 6.45) is 2.73. The zero-order valence-corrected chi connectivity index (χ0v) is 12.0. The molecule has 118 valence electrons. The van der Waals surface area contributed by atoms with Crippen LogP contribution in [-0.4, -0.2) is 29.4 Å². The summed E-state index contributed by atoms with van der Waals surface area (Å²) in [7, 11) is 0. The van der Waals surface area contributed by atoms with E-state index in [1.165, 1.54) is 12.3 Å². The fourth-order valence-corrected chi connectivity index (χ4v) is 1.71. The van der Waals surface area contributed by atoms with E-state index in [1.54, 1.807) is 42.5 Å². The lowest BCUT2D eigenvalue weighted by Crippen LogP contribution is -2.37. The molecule has 23 heavy (non-hydrogen) atoms. The Morgan fingerprint density at radius 2 is 1.83 bits per heavy atom. The fraction of sp³-hybridized carbons (Fsp3) is 0.0625. The van der Waals surface area contributed by atoms with E-state index in [2.05, 4.69) is 10.6 Å². The highest BCUT2D eigenvalue weighted by Crippen LogP contribution is 2.07. The zero-order chi connectivity index (χ0) is 16.7. The van der Waals surface area contributed by atoms with Crippen LogP contribution < -0.4 is 10.6 Å². The number of carboxylic acid groups (broad SMARTS) is 1. The molecule has 0 aliphatic carbocycles. The van der Waals surface area contributed by atoms with Crippen LogP contribution in [0.4, 0.5) is 0 Å². The van der Waals surface area contributed by atoms with Crippen molar-refractivity contribution >= 4 is 23.9 Å². The Balaban J connectivity index is 2.18. The van der Waals surface area contributed by atoms with Gasteiger partial charge in [0.1, 0.15) is 18.0 Å². The maximum atomic E-state index is 12.1. The van der Waals surface area contributed by atoms with Gasteiger partial charge in [0.05, 0.1) is 6.26 Å². The monoisotopic (exact) mass is 314 g/mol. The average Bonchev–Trinajstić information content (AvgIpc) is 3.05. The van der Waals surface area contributed by atoms with Gasteiger partial charge in [-0.15, -0.1) is 0 Å². The van der Waals surface area contributed by atoms with Crippen LogP contribution in [0, 0.1) is 0 Å². The summed E-state index contributed by atoms with van der Waals surface area (Å²) in [6.45, 7) is -0.560. The fourth-order valence-electron chi connectivity index (χ4n) is 1.71. The van der Waals surface area contributed by atoms with E-state index in [0.29, 0.717) is 11.3 Å². The van der Waals surface area contributed by atoms with Gasteiger partial charge in [-0.3, -0.25) is 14.4 Å². The molecule has 0 saturated carbocycles. The van der Waals surface area contributed by atoms with Crippen LogP contribution in [0.15, 0.2) is 58.8 Å². The van der Waals surface area contributed by atoms with Crippen molar-refractivity contribution in [1.29, 1.82) is 0 Å². The highest BCUT2D eigenvalue weighted by atomic mass is 16.4. The Labute approximate surface area is 131 Å². The van der Waals surface area contributed by atoms with E-state index in [9.17, 15) is 14.4 Å². The summed E-state index contributed by atoms with van der Waals surface area (Å²) >= 11 is 0. The van der Waals surface area contributed by atoms with Gasteiger partial charge in [-0.2, -0.15) is 0 Å². The van der Waals surface area contributed by atoms with E-state index in [4.69, 9.17) is 9.52 Å². The first kappa shape index (κ1) is 16.0. The first-order valence-corrected chi connectivity index (χ1v) is 6.68. The number of nitrogens with one attached hydrogen (secondary N) is 2. The number of carbonyl (C=O) groups is 3. The number of amides is 2. The van der Waals surface area contributed by atoms with Gasteiger partial charge >= 0.3 is 5.97 Å². The minimum Gasteiger partial charge on any atom is -0.480 e. The number of hydrogen-bond acceptors (Lipinski definition) is 4. The molecule has 0 radical (unpaired) electrons. The third kappa shape index (κ3) is 4.85. The van der Waals surface area contributed by atoms with Crippen LogP contribution in [0.3, 0.4) is 0 Å². The zero-order valence-electron chi connectivity index (χ0n) is 12.0. The average molecular weight is 314 g/mol. The molecule has 2 amide bonds. The molecule has 2 rings (SSSR count). The second-order valence-electron chi connectivity index (χ2n) is 4.47. The highest BCUT2D eigenvalue weighted by molar-refractivity contribution is 6.05. The highest BCUT2D eigenvalue weighted by Gasteiger charge is 2.15. The first-order valence-electron chi connectivity index (χ1n) is 6.68. The summed E-state index contributed by atoms with van der Waals surface area (Å²) < 4.78 is 5.10. The molecule has 0 spiro atoms. The molecule has 0 fully saturated rings. The van der Waals surface area contributed by atoms with Crippen LogP contribution in [-0.2, 0) is 9.59 Å². The van der Waals surface area contributed by atoms with Gasteiger partial charge in [0.2, 0.25) is 0 Å². The van der Waals surface area contributed by atoms with Crippen molar-refractivity contribution < 1.29 is 23.9 Å². The Kier molecular flexibility index (Phi) is 5.30. The molecule has 1 aromatic carbocycles. The van der Waals surface area contributed by atoms with E-state index in [1.807, 2.05) is 0 Å². The van der Waals surface area contributed by atoms with Gasteiger partial charge in [0, 0.05) is 11.6 Å². The minimum atomic E-state index is -1.19. The predicted octanol–water partition coefficient (Wildman–Crippen LogP) is 1.25. The smallest absolute Gasteiger partial charge is 0.322 e. The van der Waals surface area contributed by atoms with Crippen LogP contribution in [0.2, 0.25) is 0 Å². The number of carboxylic acids is 1. The summed E-state index contributed by atoms with van der Waals surface area (Å²) in [6, 6.07) is 11.5. The van der Waals surface area contributed by atoms with Crippen LogP contribution in [0.25, 0.3) is 6.08 Å². The number of benzene rings is 1. The molecule has 0 bridgehead atoms. The van der Waals surface area contributed by atoms with Crippen molar-refractivity contribution in [1.82, 2.24) is 10.6 Å². The quantitative estimate of drug-likeness (QED) is 0.695. The number of rotatable bonds is 6. The van der Waals surface area contributed by atoms with Crippen molar-refractivity contribution in [3.8, 4) is 0 Å². The lowest BCUT2D eigenvalue weighted by molar-refractivity contribution is -0.137. The normalized spacial score (nSPS) is 10.9. The van der Waals surface area contributed by atoms with E-state index < -0.39 is 24.3 Å². The van der Waals surface area contributed by atoms with E-state index in [0.717, 1.165) is 0 Å². The van der Waals surface area contributed by atoms with E-state index >= 15 is 0 Å². The van der Waals surface area contributed by atoms with Crippen LogP contribution in [0.1, 0.15) is 16.1 Å². The van der Waals surface area contributed by atoms with Gasteiger partial charge in [-0.1, -0.05) is 18.2 Å². The van der Waals surface area contributed by atoms with Crippen molar-refractivity contribution in [3.05, 3.63) is 65.7 Å². The Hall–Kier alpha value is -3.35. The molecule has 7 heteroatoms. The van der Waals surface area contributed by atoms with Crippen molar-refractivity contribution in [3.63, 3.8) is 0 Å². The molecule has 0 saturated heterocycles. The molecule has 7 nitrogen and oxygen atoms in total. The summed E-state index contributed by atoms with van der Waals surface area (Å²) in [4.78, 5) is 34.7. The third-order valence-electron chi connectivity index (χ3n) is 2.76. The summed E-state index contributed by atoms with van der Waals surface area (Å²) in [5, 5.41) is 13.3. The standard InChI is InChI=1S/C16H14N2O5/c19-14(20)10-17-16(22)13(9-12-7-4-8-23-12)18-15(21)11-5-2-1-3-6-11/h1-9H,10H2,(H,17,22)(H,18,21)(H,19,20)/b13-9-. The minimum absolute atomic E-state index is 0.116. The van der Waals surface area contributed by atoms with Crippen molar-refractivity contribution in [2.75, 3.05) is 6.54 Å². The molecule has 0 aliphatic heterocycles. The third-order valence-corrected chi connectivity index (χ3v) is 2.76. The van der Waals surface area contributed by atoms with E-state index in [-0.39, 0.29) is 5.70 Å². The van der Waals surface area contributed by atoms with Gasteiger partial charge in [-0.05, 0) is 24.3 Å². The molecule has 2 aromatic rings. The second kappa shape index (κ2) is 7.60. The maximum absolute atomic E-state index is 12.1. The van der Waals surface area contributed by atoms with Gasteiger partial charge in [-0.25, -0.2) is 0 Å². The first-order chi connectivity index (χ1) is 11.1. The molecule has 0 aliphatic rings. The molecular weight excluding hydrogens is 300 g/mol. The van der Waals surface area contributed by atoms with Crippen LogP contribution >= 0.6 is 0 Å². The molecular formula is C16H14N2O5. The molecule has 0 atom stereocenters. The van der Waals surface area contributed by atoms with Gasteiger partial charge in [0.15, 0.2) is 0 Å². The SMILES string of the molecule is O=C(O)CNC(=O)/C(=C/c1ccco1)NC(=O)c1ccccc1. The van der Waals surface area contributed by atoms with Crippen molar-refractivity contribution in [2.24, 2.45) is 0 Å². The molecule has 1 aromatic heterocycles. The van der Waals surface area contributed by atoms with Gasteiger partial charge < -0.3 is 20.2 Å². The number of carbonyl (C=O) groups excluding carboxylic acids is 2. The topological polar surface area (TPSA) is 109 Å². The van der Waals surface area contributed by atoms with Crippen molar-refractivity contribution in [2.45, 2.75) is 0 Å². The largest absolute Gasteiger partial charge is 0.480 e.